The summed E-state index contributed by atoms with van der Waals surface area (Å²) in [5.74, 6) is -1.83. The van der Waals surface area contributed by atoms with Crippen LogP contribution in [-0.2, 0) is 0 Å². The first-order valence-corrected chi connectivity index (χ1v) is 6.16. The highest BCUT2D eigenvalue weighted by Gasteiger charge is 2.24. The van der Waals surface area contributed by atoms with Gasteiger partial charge in [-0.25, -0.2) is 9.18 Å². The van der Waals surface area contributed by atoms with Gasteiger partial charge in [0.05, 0.1) is 16.7 Å². The van der Waals surface area contributed by atoms with Crippen molar-refractivity contribution in [2.75, 3.05) is 18.5 Å². The molecule has 6 nitrogen and oxygen atoms in total. The molecular weight excluding hydrogens is 267 g/mol. The van der Waals surface area contributed by atoms with Crippen molar-refractivity contribution in [1.82, 2.24) is 0 Å². The summed E-state index contributed by atoms with van der Waals surface area (Å²) in [6.07, 6.45) is 0.801. The molecule has 1 N–H and O–H groups in total. The van der Waals surface area contributed by atoms with Crippen LogP contribution in [0.5, 0.6) is 0 Å². The van der Waals surface area contributed by atoms with Crippen molar-refractivity contribution in [2.24, 2.45) is 5.92 Å². The lowest BCUT2D eigenvalue weighted by atomic mass is 10.1. The van der Waals surface area contributed by atoms with E-state index in [4.69, 9.17) is 5.11 Å². The molecule has 0 aliphatic rings. The van der Waals surface area contributed by atoms with Crippen molar-refractivity contribution in [3.63, 3.8) is 0 Å². The molecule has 0 aliphatic carbocycles. The SMILES string of the molecule is CC(C)CCN(C)c1cc(C(=O)O)c([N+](=O)[O-])cc1F. The van der Waals surface area contributed by atoms with Crippen LogP contribution in [0.1, 0.15) is 30.6 Å². The van der Waals surface area contributed by atoms with Crippen LogP contribution in [0.15, 0.2) is 12.1 Å². The zero-order valence-corrected chi connectivity index (χ0v) is 11.6. The van der Waals surface area contributed by atoms with Crippen molar-refractivity contribution in [3.8, 4) is 0 Å². The third-order valence-electron chi connectivity index (χ3n) is 2.95. The minimum absolute atomic E-state index is 0.0497. The number of nitro benzene ring substituents is 1. The predicted octanol–water partition coefficient (Wildman–Crippen LogP) is 2.91. The maximum absolute atomic E-state index is 13.9. The van der Waals surface area contributed by atoms with E-state index in [2.05, 4.69) is 0 Å². The number of halogens is 1. The molecule has 0 unspecified atom stereocenters. The van der Waals surface area contributed by atoms with Crippen molar-refractivity contribution in [3.05, 3.63) is 33.6 Å². The third-order valence-corrected chi connectivity index (χ3v) is 2.95. The van der Waals surface area contributed by atoms with Gasteiger partial charge in [0.25, 0.3) is 5.69 Å². The highest BCUT2D eigenvalue weighted by Crippen LogP contribution is 2.28. The predicted molar refractivity (Wildman–Crippen MR) is 72.7 cm³/mol. The van der Waals surface area contributed by atoms with Gasteiger partial charge in [-0.2, -0.15) is 0 Å². The van der Waals surface area contributed by atoms with Gasteiger partial charge in [-0.3, -0.25) is 10.1 Å². The van der Waals surface area contributed by atoms with Crippen LogP contribution in [0.25, 0.3) is 0 Å². The molecular formula is C13H17FN2O4. The Kier molecular flexibility index (Phi) is 5.01. The summed E-state index contributed by atoms with van der Waals surface area (Å²) in [6, 6.07) is 1.67. The first kappa shape index (κ1) is 15.9. The normalized spacial score (nSPS) is 10.7. The fraction of sp³-hybridized carbons (Fsp3) is 0.462. The minimum Gasteiger partial charge on any atom is -0.477 e. The molecule has 0 radical (unpaired) electrons. The molecule has 0 aliphatic heterocycles. The van der Waals surface area contributed by atoms with Gasteiger partial charge >= 0.3 is 5.97 Å². The Labute approximate surface area is 116 Å². The summed E-state index contributed by atoms with van der Waals surface area (Å²) < 4.78 is 13.9. The van der Waals surface area contributed by atoms with Gasteiger partial charge in [0.1, 0.15) is 5.56 Å². The molecule has 0 aromatic heterocycles. The average molecular weight is 284 g/mol. The smallest absolute Gasteiger partial charge is 0.342 e. The number of carboxylic acid groups (broad SMARTS) is 1. The number of anilines is 1. The molecule has 0 spiro atoms. The number of benzene rings is 1. The monoisotopic (exact) mass is 284 g/mol. The largest absolute Gasteiger partial charge is 0.477 e. The zero-order chi connectivity index (χ0) is 15.4. The lowest BCUT2D eigenvalue weighted by Gasteiger charge is -2.21. The summed E-state index contributed by atoms with van der Waals surface area (Å²) in [7, 11) is 1.62. The fourth-order valence-corrected chi connectivity index (χ4v) is 1.74. The summed E-state index contributed by atoms with van der Waals surface area (Å²) >= 11 is 0. The number of carboxylic acids is 1. The molecule has 1 rings (SSSR count). The summed E-state index contributed by atoms with van der Waals surface area (Å²) in [5.41, 5.74) is -1.20. The second kappa shape index (κ2) is 6.31. The third kappa shape index (κ3) is 3.66. The van der Waals surface area contributed by atoms with Gasteiger partial charge in [0, 0.05) is 13.6 Å². The zero-order valence-electron chi connectivity index (χ0n) is 11.6. The Bertz CT molecular complexity index is 531. The van der Waals surface area contributed by atoms with Crippen LogP contribution in [-0.4, -0.2) is 29.6 Å². The van der Waals surface area contributed by atoms with E-state index in [1.54, 1.807) is 11.9 Å². The van der Waals surface area contributed by atoms with Crippen LogP contribution in [0.4, 0.5) is 15.8 Å². The van der Waals surface area contributed by atoms with Crippen LogP contribution < -0.4 is 4.90 Å². The van der Waals surface area contributed by atoms with E-state index in [-0.39, 0.29) is 5.69 Å². The van der Waals surface area contributed by atoms with Crippen LogP contribution in [0.2, 0.25) is 0 Å². The number of rotatable bonds is 6. The molecule has 1 aromatic rings. The Morgan fingerprint density at radius 2 is 2.10 bits per heavy atom. The van der Waals surface area contributed by atoms with Crippen molar-refractivity contribution in [1.29, 1.82) is 0 Å². The number of hydrogen-bond acceptors (Lipinski definition) is 4. The van der Waals surface area contributed by atoms with E-state index in [1.807, 2.05) is 13.8 Å². The first-order valence-electron chi connectivity index (χ1n) is 6.16. The van der Waals surface area contributed by atoms with Crippen LogP contribution in [0, 0.1) is 21.8 Å². The Morgan fingerprint density at radius 3 is 2.55 bits per heavy atom. The minimum atomic E-state index is -1.45. The van der Waals surface area contributed by atoms with E-state index in [9.17, 15) is 19.3 Å². The molecule has 7 heteroatoms. The molecule has 0 atom stereocenters. The van der Waals surface area contributed by atoms with Crippen molar-refractivity contribution in [2.45, 2.75) is 20.3 Å². The highest BCUT2D eigenvalue weighted by atomic mass is 19.1. The standard InChI is InChI=1S/C13H17FN2O4/c1-8(2)4-5-15(3)12-6-9(13(17)18)11(16(19)20)7-10(12)14/h6-8H,4-5H2,1-3H3,(H,17,18). The molecule has 0 saturated carbocycles. The highest BCUT2D eigenvalue weighted by molar-refractivity contribution is 5.93. The van der Waals surface area contributed by atoms with Crippen molar-refractivity contribution < 1.29 is 19.2 Å². The van der Waals surface area contributed by atoms with E-state index >= 15 is 0 Å². The van der Waals surface area contributed by atoms with Gasteiger partial charge in [0.15, 0.2) is 5.82 Å². The summed E-state index contributed by atoms with van der Waals surface area (Å²) in [5, 5.41) is 19.7. The number of carbonyl (C=O) groups is 1. The van der Waals surface area contributed by atoms with Gasteiger partial charge in [-0.15, -0.1) is 0 Å². The van der Waals surface area contributed by atoms with Crippen LogP contribution >= 0.6 is 0 Å². The first-order chi connectivity index (χ1) is 9.23. The molecule has 0 saturated heterocycles. The second-order valence-corrected chi connectivity index (χ2v) is 4.99. The fourth-order valence-electron chi connectivity index (χ4n) is 1.74. The van der Waals surface area contributed by atoms with Gasteiger partial charge in [0.2, 0.25) is 0 Å². The quantitative estimate of drug-likeness (QED) is 0.641. The van der Waals surface area contributed by atoms with E-state index < -0.39 is 28.0 Å². The molecule has 20 heavy (non-hydrogen) atoms. The summed E-state index contributed by atoms with van der Waals surface area (Å²) in [4.78, 5) is 22.4. The Hall–Kier alpha value is -2.18. The number of nitrogens with zero attached hydrogens (tertiary/aromatic N) is 2. The Morgan fingerprint density at radius 1 is 1.50 bits per heavy atom. The molecule has 1 aromatic carbocycles. The molecule has 0 amide bonds. The van der Waals surface area contributed by atoms with Gasteiger partial charge in [-0.1, -0.05) is 13.8 Å². The second-order valence-electron chi connectivity index (χ2n) is 4.99. The maximum atomic E-state index is 13.9. The van der Waals surface area contributed by atoms with Crippen molar-refractivity contribution >= 4 is 17.3 Å². The van der Waals surface area contributed by atoms with E-state index in [1.165, 1.54) is 0 Å². The van der Waals surface area contributed by atoms with Gasteiger partial charge in [-0.05, 0) is 18.4 Å². The van der Waals surface area contributed by atoms with Gasteiger partial charge < -0.3 is 10.0 Å². The maximum Gasteiger partial charge on any atom is 0.342 e. The number of aromatic carboxylic acids is 1. The summed E-state index contributed by atoms with van der Waals surface area (Å²) in [6.45, 7) is 4.57. The van der Waals surface area contributed by atoms with E-state index in [0.29, 0.717) is 18.5 Å². The topological polar surface area (TPSA) is 83.7 Å². The lowest BCUT2D eigenvalue weighted by Crippen LogP contribution is -2.21. The van der Waals surface area contributed by atoms with Crippen LogP contribution in [0.3, 0.4) is 0 Å². The van der Waals surface area contributed by atoms with E-state index in [0.717, 1.165) is 12.5 Å². The molecule has 0 bridgehead atoms. The average Bonchev–Trinajstić information content (AvgIpc) is 2.34. The number of nitro groups is 1. The molecule has 110 valence electrons. The molecule has 0 heterocycles. The Balaban J connectivity index is 3.18. The molecule has 0 fully saturated rings. The lowest BCUT2D eigenvalue weighted by molar-refractivity contribution is -0.385. The number of hydrogen-bond donors (Lipinski definition) is 1.